The monoisotopic (exact) mass is 430 g/mol. The van der Waals surface area contributed by atoms with Crippen molar-refractivity contribution in [1.82, 2.24) is 9.78 Å². The molecule has 4 nitrogen and oxygen atoms in total. The second-order valence-corrected chi connectivity index (χ2v) is 7.12. The number of benzene rings is 3. The van der Waals surface area contributed by atoms with Crippen molar-refractivity contribution in [2.24, 2.45) is 0 Å². The average Bonchev–Trinajstić information content (AvgIpc) is 3.20. The van der Waals surface area contributed by atoms with Gasteiger partial charge in [-0.15, -0.1) is 0 Å². The Morgan fingerprint density at radius 1 is 0.714 bits per heavy atom. The summed E-state index contributed by atoms with van der Waals surface area (Å²) in [4.78, 5) is 26.2. The number of halogens is 1. The van der Waals surface area contributed by atoms with E-state index in [0.29, 0.717) is 11.1 Å². The summed E-state index contributed by atoms with van der Waals surface area (Å²) >= 11 is 3.41. The van der Waals surface area contributed by atoms with E-state index in [2.05, 4.69) is 21.0 Å². The molecule has 0 saturated heterocycles. The molecule has 0 aliphatic carbocycles. The lowest BCUT2D eigenvalue weighted by Gasteiger charge is -2.02. The van der Waals surface area contributed by atoms with Crippen LogP contribution in [-0.2, 0) is 0 Å². The summed E-state index contributed by atoms with van der Waals surface area (Å²) in [6.07, 6.45) is 1.62. The first kappa shape index (κ1) is 18.1. The normalized spacial score (nSPS) is 10.6. The molecule has 0 atom stereocenters. The minimum Gasteiger partial charge on any atom is -0.288 e. The van der Waals surface area contributed by atoms with E-state index in [4.69, 9.17) is 0 Å². The van der Waals surface area contributed by atoms with E-state index in [1.165, 1.54) is 0 Å². The molecule has 0 aliphatic rings. The molecule has 136 valence electrons. The second kappa shape index (κ2) is 7.74. The number of hydrogen-bond donors (Lipinski definition) is 0. The Labute approximate surface area is 170 Å². The van der Waals surface area contributed by atoms with E-state index in [1.807, 2.05) is 36.4 Å². The van der Waals surface area contributed by atoms with Crippen molar-refractivity contribution in [2.45, 2.75) is 0 Å². The molecule has 0 spiro atoms. The molecular formula is C23H15BrN2O2. The molecule has 0 saturated carbocycles. The van der Waals surface area contributed by atoms with Gasteiger partial charge in [0.1, 0.15) is 5.69 Å². The van der Waals surface area contributed by atoms with Crippen LogP contribution in [0.1, 0.15) is 32.0 Å². The summed E-state index contributed by atoms with van der Waals surface area (Å²) in [6.45, 7) is 0. The van der Waals surface area contributed by atoms with Crippen LogP contribution in [0.15, 0.2) is 95.6 Å². The van der Waals surface area contributed by atoms with Gasteiger partial charge in [0, 0.05) is 21.8 Å². The van der Waals surface area contributed by atoms with Crippen LogP contribution in [0, 0.1) is 0 Å². The van der Waals surface area contributed by atoms with Crippen molar-refractivity contribution in [1.29, 1.82) is 0 Å². The van der Waals surface area contributed by atoms with E-state index in [9.17, 15) is 9.59 Å². The highest BCUT2D eigenvalue weighted by atomic mass is 79.9. The van der Waals surface area contributed by atoms with Crippen LogP contribution in [0.4, 0.5) is 0 Å². The summed E-state index contributed by atoms with van der Waals surface area (Å²) in [6, 6.07) is 25.3. The average molecular weight is 431 g/mol. The molecule has 0 radical (unpaired) electrons. The topological polar surface area (TPSA) is 52.0 Å². The Morgan fingerprint density at radius 2 is 1.25 bits per heavy atom. The number of carbonyl (C=O) groups is 2. The lowest BCUT2D eigenvalue weighted by atomic mass is 9.99. The van der Waals surface area contributed by atoms with Gasteiger partial charge in [-0.05, 0) is 24.3 Å². The Kier molecular flexibility index (Phi) is 5.00. The first-order valence-electron chi connectivity index (χ1n) is 8.68. The minimum atomic E-state index is -0.282. The van der Waals surface area contributed by atoms with Crippen molar-refractivity contribution in [3.63, 3.8) is 0 Å². The highest BCUT2D eigenvalue weighted by Gasteiger charge is 2.24. The maximum atomic E-state index is 13.1. The zero-order valence-corrected chi connectivity index (χ0v) is 16.3. The molecule has 0 unspecified atom stereocenters. The molecule has 0 aliphatic heterocycles. The number of hydrogen-bond acceptors (Lipinski definition) is 3. The van der Waals surface area contributed by atoms with Gasteiger partial charge in [0.05, 0.1) is 11.3 Å². The smallest absolute Gasteiger partial charge is 0.214 e. The van der Waals surface area contributed by atoms with Gasteiger partial charge < -0.3 is 0 Å². The number of ketones is 2. The molecule has 4 aromatic rings. The maximum Gasteiger partial charge on any atom is 0.214 e. The summed E-state index contributed by atoms with van der Waals surface area (Å²) in [5.41, 5.74) is 2.19. The van der Waals surface area contributed by atoms with E-state index in [1.54, 1.807) is 59.4 Å². The van der Waals surface area contributed by atoms with Gasteiger partial charge in [0.25, 0.3) is 0 Å². The highest BCUT2D eigenvalue weighted by Crippen LogP contribution is 2.21. The van der Waals surface area contributed by atoms with E-state index < -0.39 is 0 Å². The first-order valence-corrected chi connectivity index (χ1v) is 9.48. The van der Waals surface area contributed by atoms with Crippen molar-refractivity contribution < 1.29 is 9.59 Å². The summed E-state index contributed by atoms with van der Waals surface area (Å²) < 4.78 is 2.50. The van der Waals surface area contributed by atoms with Crippen LogP contribution in [0.5, 0.6) is 0 Å². The fraction of sp³-hybridized carbons (Fsp3) is 0. The van der Waals surface area contributed by atoms with E-state index in [-0.39, 0.29) is 22.8 Å². The molecule has 1 heterocycles. The molecule has 28 heavy (non-hydrogen) atoms. The number of nitrogens with zero attached hydrogens (tertiary/aromatic N) is 2. The number of aromatic nitrogens is 2. The standard InChI is InChI=1S/C23H15BrN2O2/c24-18-11-13-19(14-12-18)26-15-20(22(27)16-7-3-1-4-8-16)21(25-26)23(28)17-9-5-2-6-10-17/h1-15H. The lowest BCUT2D eigenvalue weighted by Crippen LogP contribution is -2.10. The molecule has 0 N–H and O–H groups in total. The van der Waals surface area contributed by atoms with E-state index >= 15 is 0 Å². The van der Waals surface area contributed by atoms with Crippen molar-refractivity contribution in [3.8, 4) is 5.69 Å². The van der Waals surface area contributed by atoms with Gasteiger partial charge in [-0.25, -0.2) is 4.68 Å². The van der Waals surface area contributed by atoms with Crippen LogP contribution in [0.2, 0.25) is 0 Å². The van der Waals surface area contributed by atoms with Crippen molar-refractivity contribution in [2.75, 3.05) is 0 Å². The Hall–Kier alpha value is -3.31. The van der Waals surface area contributed by atoms with E-state index in [0.717, 1.165) is 10.2 Å². The molecule has 4 rings (SSSR count). The number of carbonyl (C=O) groups excluding carboxylic acids is 2. The molecule has 0 bridgehead atoms. The minimum absolute atomic E-state index is 0.142. The molecule has 3 aromatic carbocycles. The third kappa shape index (κ3) is 3.57. The quantitative estimate of drug-likeness (QED) is 0.414. The van der Waals surface area contributed by atoms with Crippen molar-refractivity contribution in [3.05, 3.63) is 118 Å². The molecule has 1 aromatic heterocycles. The number of rotatable bonds is 5. The van der Waals surface area contributed by atoms with Crippen LogP contribution in [-0.4, -0.2) is 21.3 Å². The predicted molar refractivity (Wildman–Crippen MR) is 111 cm³/mol. The zero-order valence-electron chi connectivity index (χ0n) is 14.7. The first-order chi connectivity index (χ1) is 13.6. The fourth-order valence-corrected chi connectivity index (χ4v) is 3.17. The van der Waals surface area contributed by atoms with Gasteiger partial charge in [-0.3, -0.25) is 9.59 Å². The third-order valence-corrected chi connectivity index (χ3v) is 4.87. The summed E-state index contributed by atoms with van der Waals surface area (Å²) in [7, 11) is 0. The third-order valence-electron chi connectivity index (χ3n) is 4.34. The van der Waals surface area contributed by atoms with Crippen molar-refractivity contribution >= 4 is 27.5 Å². The molecular weight excluding hydrogens is 416 g/mol. The van der Waals surface area contributed by atoms with Gasteiger partial charge in [-0.2, -0.15) is 5.10 Å². The SMILES string of the molecule is O=C(c1ccccc1)c1cn(-c2ccc(Br)cc2)nc1C(=O)c1ccccc1. The van der Waals surface area contributed by atoms with Gasteiger partial charge in [0.15, 0.2) is 5.78 Å². The largest absolute Gasteiger partial charge is 0.288 e. The summed E-state index contributed by atoms with van der Waals surface area (Å²) in [5.74, 6) is -0.515. The van der Waals surface area contributed by atoms with Crippen LogP contribution >= 0.6 is 15.9 Å². The Morgan fingerprint density at radius 3 is 1.82 bits per heavy atom. The predicted octanol–water partition coefficient (Wildman–Crippen LogP) is 5.10. The van der Waals surface area contributed by atoms with Crippen LogP contribution in [0.25, 0.3) is 5.69 Å². The molecule has 5 heteroatoms. The van der Waals surface area contributed by atoms with Crippen LogP contribution < -0.4 is 0 Å². The summed E-state index contributed by atoms with van der Waals surface area (Å²) in [5, 5.41) is 4.46. The van der Waals surface area contributed by atoms with Crippen LogP contribution in [0.3, 0.4) is 0 Å². The van der Waals surface area contributed by atoms with Gasteiger partial charge in [-0.1, -0.05) is 76.6 Å². The lowest BCUT2D eigenvalue weighted by molar-refractivity contribution is 0.100. The Bertz CT molecular complexity index is 1070. The van der Waals surface area contributed by atoms with Gasteiger partial charge >= 0.3 is 0 Å². The molecule has 0 amide bonds. The zero-order chi connectivity index (χ0) is 19.5. The highest BCUT2D eigenvalue weighted by molar-refractivity contribution is 9.10. The molecule has 0 fully saturated rings. The fourth-order valence-electron chi connectivity index (χ4n) is 2.91. The van der Waals surface area contributed by atoms with Gasteiger partial charge in [0.2, 0.25) is 5.78 Å². The Balaban J connectivity index is 1.84. The second-order valence-electron chi connectivity index (χ2n) is 6.20. The maximum absolute atomic E-state index is 13.1.